The first-order valence-corrected chi connectivity index (χ1v) is 7.26. The maximum Gasteiger partial charge on any atom is 0.334 e. The molecule has 2 atom stereocenters. The fourth-order valence-electron chi connectivity index (χ4n) is 2.33. The number of carboxylic acid groups (broad SMARTS) is 1. The number of Topliss-reactive ketones (excluding diaryl/α,β-unsaturated/α-hetero) is 1. The molecular weight excluding hydrogens is 302 g/mol. The monoisotopic (exact) mass is 321 g/mol. The summed E-state index contributed by atoms with van der Waals surface area (Å²) in [5.74, 6) is -1.08. The highest BCUT2D eigenvalue weighted by atomic mass is 16.5. The molecule has 0 radical (unpaired) electrons. The van der Waals surface area contributed by atoms with Crippen LogP contribution in [0.2, 0.25) is 0 Å². The van der Waals surface area contributed by atoms with Gasteiger partial charge in [0.05, 0.1) is 12.6 Å². The van der Waals surface area contributed by atoms with E-state index in [1.807, 2.05) is 0 Å². The number of carbonyl (C=O) groups is 3. The molecule has 124 valence electrons. The molecule has 1 aliphatic heterocycles. The van der Waals surface area contributed by atoms with E-state index in [0.717, 1.165) is 0 Å². The van der Waals surface area contributed by atoms with Gasteiger partial charge in [-0.05, 0) is 26.0 Å². The highest BCUT2D eigenvalue weighted by molar-refractivity contribution is 5.94. The summed E-state index contributed by atoms with van der Waals surface area (Å²) in [6.45, 7) is 3.26. The van der Waals surface area contributed by atoms with Crippen molar-refractivity contribution in [3.05, 3.63) is 29.8 Å². The molecule has 1 aromatic rings. The standard InChI is InChI=1S/C16H19NO6/c1-10-7-17(8-14(23-10)16(20)21)15(19)9-22-13-5-3-4-12(6-13)11(2)18/h3-6,10,14H,7-9H2,1-2H3,(H,20,21)/t10-,14?/m1/s1. The Morgan fingerprint density at radius 3 is 2.74 bits per heavy atom. The maximum atomic E-state index is 12.2. The molecule has 1 unspecified atom stereocenters. The molecule has 0 saturated carbocycles. The van der Waals surface area contributed by atoms with Gasteiger partial charge in [0.1, 0.15) is 5.75 Å². The van der Waals surface area contributed by atoms with Crippen LogP contribution in [0.15, 0.2) is 24.3 Å². The minimum absolute atomic E-state index is 0.00461. The summed E-state index contributed by atoms with van der Waals surface area (Å²) in [6.07, 6.45) is -1.38. The van der Waals surface area contributed by atoms with Crippen LogP contribution in [0.3, 0.4) is 0 Å². The van der Waals surface area contributed by atoms with E-state index in [0.29, 0.717) is 17.9 Å². The van der Waals surface area contributed by atoms with Crippen LogP contribution in [-0.4, -0.2) is 59.6 Å². The Morgan fingerprint density at radius 1 is 1.35 bits per heavy atom. The van der Waals surface area contributed by atoms with Gasteiger partial charge in [-0.2, -0.15) is 0 Å². The number of aliphatic carboxylic acids is 1. The van der Waals surface area contributed by atoms with E-state index in [4.69, 9.17) is 14.6 Å². The van der Waals surface area contributed by atoms with Gasteiger partial charge in [-0.1, -0.05) is 12.1 Å². The third-order valence-corrected chi connectivity index (χ3v) is 3.49. The van der Waals surface area contributed by atoms with Crippen molar-refractivity contribution in [1.29, 1.82) is 0 Å². The van der Waals surface area contributed by atoms with E-state index in [9.17, 15) is 14.4 Å². The van der Waals surface area contributed by atoms with Gasteiger partial charge in [0.25, 0.3) is 5.91 Å². The molecule has 0 aromatic heterocycles. The molecule has 23 heavy (non-hydrogen) atoms. The lowest BCUT2D eigenvalue weighted by molar-refractivity contribution is -0.167. The van der Waals surface area contributed by atoms with Crippen molar-refractivity contribution in [2.24, 2.45) is 0 Å². The maximum absolute atomic E-state index is 12.2. The molecule has 0 spiro atoms. The first kappa shape index (κ1) is 17.0. The number of hydrogen-bond acceptors (Lipinski definition) is 5. The average Bonchev–Trinajstić information content (AvgIpc) is 2.52. The zero-order chi connectivity index (χ0) is 17.0. The first-order chi connectivity index (χ1) is 10.9. The van der Waals surface area contributed by atoms with Gasteiger partial charge in [-0.15, -0.1) is 0 Å². The summed E-state index contributed by atoms with van der Waals surface area (Å²) >= 11 is 0. The molecule has 7 nitrogen and oxygen atoms in total. The topological polar surface area (TPSA) is 93.1 Å². The third-order valence-electron chi connectivity index (χ3n) is 3.49. The van der Waals surface area contributed by atoms with Crippen LogP contribution in [0.4, 0.5) is 0 Å². The van der Waals surface area contributed by atoms with Crippen LogP contribution < -0.4 is 4.74 Å². The summed E-state index contributed by atoms with van der Waals surface area (Å²) < 4.78 is 10.7. The lowest BCUT2D eigenvalue weighted by Crippen LogP contribution is -2.52. The summed E-state index contributed by atoms with van der Waals surface area (Å²) in [5, 5.41) is 9.02. The zero-order valence-corrected chi connectivity index (χ0v) is 13.0. The van der Waals surface area contributed by atoms with Gasteiger partial charge in [0.2, 0.25) is 0 Å². The van der Waals surface area contributed by atoms with Crippen LogP contribution in [0.25, 0.3) is 0 Å². The average molecular weight is 321 g/mol. The highest BCUT2D eigenvalue weighted by Gasteiger charge is 2.32. The smallest absolute Gasteiger partial charge is 0.334 e. The number of ether oxygens (including phenoxy) is 2. The first-order valence-electron chi connectivity index (χ1n) is 7.26. The van der Waals surface area contributed by atoms with Crippen molar-refractivity contribution >= 4 is 17.7 Å². The Kier molecular flexibility index (Phi) is 5.33. The largest absolute Gasteiger partial charge is 0.484 e. The van der Waals surface area contributed by atoms with Gasteiger partial charge in [-0.25, -0.2) is 4.79 Å². The molecule has 1 saturated heterocycles. The summed E-state index contributed by atoms with van der Waals surface area (Å²) in [6, 6.07) is 6.56. The predicted octanol–water partition coefficient (Wildman–Crippen LogP) is 0.968. The van der Waals surface area contributed by atoms with Crippen LogP contribution in [0.5, 0.6) is 5.75 Å². The molecule has 1 aliphatic rings. The van der Waals surface area contributed by atoms with E-state index in [1.165, 1.54) is 11.8 Å². The van der Waals surface area contributed by atoms with Gasteiger partial charge in [0.15, 0.2) is 18.5 Å². The number of nitrogens with zero attached hydrogens (tertiary/aromatic N) is 1. The highest BCUT2D eigenvalue weighted by Crippen LogP contribution is 2.15. The van der Waals surface area contributed by atoms with Crippen molar-refractivity contribution in [2.45, 2.75) is 26.1 Å². The van der Waals surface area contributed by atoms with E-state index in [-0.39, 0.29) is 30.9 Å². The fourth-order valence-corrected chi connectivity index (χ4v) is 2.33. The Bertz CT molecular complexity index is 614. The van der Waals surface area contributed by atoms with E-state index < -0.39 is 12.1 Å². The van der Waals surface area contributed by atoms with E-state index in [2.05, 4.69) is 0 Å². The lowest BCUT2D eigenvalue weighted by Gasteiger charge is -2.34. The summed E-state index contributed by atoms with van der Waals surface area (Å²) in [5.41, 5.74) is 0.501. The van der Waals surface area contributed by atoms with Crippen LogP contribution in [0, 0.1) is 0 Å². The number of carboxylic acids is 1. The van der Waals surface area contributed by atoms with Gasteiger partial charge < -0.3 is 19.5 Å². The Morgan fingerprint density at radius 2 is 2.09 bits per heavy atom. The number of hydrogen-bond donors (Lipinski definition) is 1. The number of ketones is 1. The Hall–Kier alpha value is -2.41. The van der Waals surface area contributed by atoms with Gasteiger partial charge in [-0.3, -0.25) is 9.59 Å². The van der Waals surface area contributed by atoms with Crippen molar-refractivity contribution in [2.75, 3.05) is 19.7 Å². The minimum atomic E-state index is -1.09. The molecular formula is C16H19NO6. The second-order valence-electron chi connectivity index (χ2n) is 5.44. The Labute approximate surface area is 133 Å². The van der Waals surface area contributed by atoms with Crippen molar-refractivity contribution in [3.63, 3.8) is 0 Å². The molecule has 1 aromatic carbocycles. The van der Waals surface area contributed by atoms with Crippen molar-refractivity contribution in [3.8, 4) is 5.75 Å². The Balaban J connectivity index is 1.95. The molecule has 7 heteroatoms. The number of morpholine rings is 1. The molecule has 0 bridgehead atoms. The SMILES string of the molecule is CC(=O)c1cccc(OCC(=O)N2CC(C(=O)O)O[C@H](C)C2)c1. The molecule has 0 aliphatic carbocycles. The van der Waals surface area contributed by atoms with Gasteiger partial charge in [0, 0.05) is 12.1 Å². The summed E-state index contributed by atoms with van der Waals surface area (Å²) in [4.78, 5) is 35.9. The molecule has 1 heterocycles. The van der Waals surface area contributed by atoms with Crippen LogP contribution in [0.1, 0.15) is 24.2 Å². The second-order valence-corrected chi connectivity index (χ2v) is 5.44. The number of carbonyl (C=O) groups excluding carboxylic acids is 2. The quantitative estimate of drug-likeness (QED) is 0.812. The van der Waals surface area contributed by atoms with Crippen LogP contribution >= 0.6 is 0 Å². The molecule has 1 fully saturated rings. The normalized spacial score (nSPS) is 20.9. The third kappa shape index (κ3) is 4.53. The van der Waals surface area contributed by atoms with E-state index in [1.54, 1.807) is 31.2 Å². The molecule has 1 N–H and O–H groups in total. The number of benzene rings is 1. The van der Waals surface area contributed by atoms with Crippen molar-refractivity contribution < 1.29 is 29.0 Å². The van der Waals surface area contributed by atoms with Crippen LogP contribution in [-0.2, 0) is 14.3 Å². The predicted molar refractivity (Wildman–Crippen MR) is 80.5 cm³/mol. The lowest BCUT2D eigenvalue weighted by atomic mass is 10.1. The molecule has 2 rings (SSSR count). The zero-order valence-electron chi connectivity index (χ0n) is 13.0. The fraction of sp³-hybridized carbons (Fsp3) is 0.438. The number of rotatable bonds is 5. The number of amides is 1. The summed E-state index contributed by atoms with van der Waals surface area (Å²) in [7, 11) is 0. The van der Waals surface area contributed by atoms with E-state index >= 15 is 0 Å². The minimum Gasteiger partial charge on any atom is -0.484 e. The molecule has 1 amide bonds. The van der Waals surface area contributed by atoms with Gasteiger partial charge >= 0.3 is 5.97 Å². The van der Waals surface area contributed by atoms with Crippen molar-refractivity contribution in [1.82, 2.24) is 4.90 Å². The second kappa shape index (κ2) is 7.23.